The number of fused-ring (bicyclic) bond motifs is 2. The molecular weight excluding hydrogens is 562 g/mol. The minimum absolute atomic E-state index is 0.169. The Balaban J connectivity index is 1.21. The number of likely N-dealkylation sites (tertiary alicyclic amines) is 1. The van der Waals surface area contributed by atoms with E-state index in [9.17, 15) is 24.3 Å². The molecule has 2 aromatic rings. The highest BCUT2D eigenvalue weighted by Crippen LogP contribution is 2.46. The number of carbonyl (C=O) groups is 4. The fourth-order valence-electron chi connectivity index (χ4n) is 4.49. The van der Waals surface area contributed by atoms with Crippen LogP contribution in [0.2, 0.25) is 0 Å². The van der Waals surface area contributed by atoms with Crippen molar-refractivity contribution in [3.63, 3.8) is 0 Å². The highest BCUT2D eigenvalue weighted by molar-refractivity contribution is 7.99. The lowest BCUT2D eigenvalue weighted by Crippen LogP contribution is -2.45. The van der Waals surface area contributed by atoms with Crippen LogP contribution in [0.1, 0.15) is 37.6 Å². The standard InChI is InChI=1S/C30H35N3O8S/c1-30(2,3)41-29(38)31-12-6-7-13-39-18-19-14-21(28(36)37)33(17-19)26(34)16-32-27(35)20-10-11-25-23(15-20)40-22-8-4-5-9-24(22)42-25/h4-11,15,19,21H,12-14,16-18H2,1-3H3,(H,31,38)(H,32,35)(H,36,37)/b7-6+/t19?,21-/m0/s1. The number of benzene rings is 2. The van der Waals surface area contributed by atoms with Gasteiger partial charge in [-0.2, -0.15) is 0 Å². The van der Waals surface area contributed by atoms with E-state index in [1.807, 2.05) is 24.3 Å². The highest BCUT2D eigenvalue weighted by Gasteiger charge is 2.39. The number of rotatable bonds is 10. The molecule has 2 aromatic carbocycles. The van der Waals surface area contributed by atoms with E-state index in [0.717, 1.165) is 9.79 Å². The monoisotopic (exact) mass is 597 g/mol. The first-order valence-corrected chi connectivity index (χ1v) is 14.4. The molecule has 2 heterocycles. The third-order valence-electron chi connectivity index (χ3n) is 6.39. The Labute approximate surface area is 248 Å². The summed E-state index contributed by atoms with van der Waals surface area (Å²) in [5.41, 5.74) is -0.241. The predicted octanol–water partition coefficient (Wildman–Crippen LogP) is 4.07. The first-order chi connectivity index (χ1) is 20.0. The molecule has 12 heteroatoms. The Morgan fingerprint density at radius 1 is 1.07 bits per heavy atom. The van der Waals surface area contributed by atoms with Crippen LogP contribution >= 0.6 is 11.8 Å². The molecule has 1 saturated heterocycles. The van der Waals surface area contributed by atoms with Crippen molar-refractivity contribution in [3.05, 3.63) is 60.2 Å². The van der Waals surface area contributed by atoms with Gasteiger partial charge in [0.1, 0.15) is 23.1 Å². The Morgan fingerprint density at radius 2 is 1.83 bits per heavy atom. The normalized spacial score (nSPS) is 17.6. The fourth-order valence-corrected chi connectivity index (χ4v) is 5.42. The second-order valence-electron chi connectivity index (χ2n) is 10.9. The van der Waals surface area contributed by atoms with Crippen molar-refractivity contribution in [1.29, 1.82) is 0 Å². The summed E-state index contributed by atoms with van der Waals surface area (Å²) in [6.07, 6.45) is 3.20. The average molecular weight is 598 g/mol. The lowest BCUT2D eigenvalue weighted by Gasteiger charge is -2.22. The summed E-state index contributed by atoms with van der Waals surface area (Å²) < 4.78 is 16.7. The molecule has 0 radical (unpaired) electrons. The number of hydrogen-bond acceptors (Lipinski definition) is 8. The van der Waals surface area contributed by atoms with Crippen LogP contribution in [0.5, 0.6) is 11.5 Å². The number of nitrogens with one attached hydrogen (secondary N) is 2. The number of carboxylic acids is 1. The fraction of sp³-hybridized carbons (Fsp3) is 0.400. The Morgan fingerprint density at radius 3 is 2.60 bits per heavy atom. The summed E-state index contributed by atoms with van der Waals surface area (Å²) >= 11 is 1.55. The zero-order chi connectivity index (χ0) is 30.3. The number of aliphatic carboxylic acids is 1. The summed E-state index contributed by atoms with van der Waals surface area (Å²) in [7, 11) is 0. The number of carboxylic acid groups (broad SMARTS) is 1. The summed E-state index contributed by atoms with van der Waals surface area (Å²) in [5.74, 6) is -0.948. The first-order valence-electron chi connectivity index (χ1n) is 13.6. The molecule has 4 rings (SSSR count). The van der Waals surface area contributed by atoms with Crippen LogP contribution in [0.3, 0.4) is 0 Å². The lowest BCUT2D eigenvalue weighted by molar-refractivity contribution is -0.147. The van der Waals surface area contributed by atoms with Gasteiger partial charge in [-0.15, -0.1) is 0 Å². The minimum Gasteiger partial charge on any atom is -0.480 e. The molecule has 0 bridgehead atoms. The van der Waals surface area contributed by atoms with Gasteiger partial charge in [-0.1, -0.05) is 36.0 Å². The number of alkyl carbamates (subject to hydrolysis) is 1. The molecular formula is C30H35N3O8S. The second-order valence-corrected chi connectivity index (χ2v) is 12.0. The maximum Gasteiger partial charge on any atom is 0.407 e. The Bertz CT molecular complexity index is 1360. The molecule has 3 N–H and O–H groups in total. The molecule has 3 amide bonds. The van der Waals surface area contributed by atoms with Crippen LogP contribution in [0.4, 0.5) is 4.79 Å². The van der Waals surface area contributed by atoms with Crippen LogP contribution in [0, 0.1) is 5.92 Å². The SMILES string of the molecule is CC(C)(C)OC(=O)NC/C=C/COCC1C[C@@H](C(=O)O)N(C(=O)CNC(=O)c2ccc3c(c2)Oc2ccccc2S3)C1. The van der Waals surface area contributed by atoms with Crippen molar-refractivity contribution in [3.8, 4) is 11.5 Å². The van der Waals surface area contributed by atoms with Gasteiger partial charge in [-0.25, -0.2) is 9.59 Å². The Hall–Kier alpha value is -4.03. The van der Waals surface area contributed by atoms with E-state index in [1.165, 1.54) is 4.90 Å². The van der Waals surface area contributed by atoms with E-state index in [0.29, 0.717) is 17.1 Å². The third-order valence-corrected chi connectivity index (χ3v) is 7.50. The van der Waals surface area contributed by atoms with Crippen molar-refractivity contribution in [2.24, 2.45) is 5.92 Å². The smallest absolute Gasteiger partial charge is 0.407 e. The van der Waals surface area contributed by atoms with E-state index < -0.39 is 35.5 Å². The van der Waals surface area contributed by atoms with Crippen molar-refractivity contribution in [1.82, 2.24) is 15.5 Å². The van der Waals surface area contributed by atoms with Crippen molar-refractivity contribution in [2.45, 2.75) is 48.6 Å². The number of amides is 3. The first kappa shape index (κ1) is 30.9. The molecule has 0 spiro atoms. The molecule has 42 heavy (non-hydrogen) atoms. The van der Waals surface area contributed by atoms with E-state index in [2.05, 4.69) is 10.6 Å². The molecule has 0 aliphatic carbocycles. The molecule has 1 unspecified atom stereocenters. The number of nitrogens with zero attached hydrogens (tertiary/aromatic N) is 1. The predicted molar refractivity (Wildman–Crippen MR) is 155 cm³/mol. The molecule has 1 fully saturated rings. The maximum absolute atomic E-state index is 12.9. The molecule has 11 nitrogen and oxygen atoms in total. The third kappa shape index (κ3) is 8.49. The quantitative estimate of drug-likeness (QED) is 0.233. The molecule has 2 atom stereocenters. The zero-order valence-corrected chi connectivity index (χ0v) is 24.6. The van der Waals surface area contributed by atoms with Gasteiger partial charge >= 0.3 is 12.1 Å². The van der Waals surface area contributed by atoms with Crippen LogP contribution in [0.25, 0.3) is 0 Å². The van der Waals surface area contributed by atoms with Gasteiger partial charge in [0.25, 0.3) is 5.91 Å². The molecule has 0 saturated carbocycles. The topological polar surface area (TPSA) is 143 Å². The van der Waals surface area contributed by atoms with E-state index in [-0.39, 0.29) is 45.2 Å². The average Bonchev–Trinajstić information content (AvgIpc) is 3.37. The number of hydrogen-bond donors (Lipinski definition) is 3. The molecule has 224 valence electrons. The van der Waals surface area contributed by atoms with Crippen LogP contribution < -0.4 is 15.4 Å². The lowest BCUT2D eigenvalue weighted by atomic mass is 10.1. The molecule has 0 aromatic heterocycles. The highest BCUT2D eigenvalue weighted by atomic mass is 32.2. The Kier molecular flexibility index (Phi) is 10.1. The van der Waals surface area contributed by atoms with Crippen molar-refractivity contribution >= 4 is 35.6 Å². The number of para-hydroxylation sites is 1. The maximum atomic E-state index is 12.9. The van der Waals surface area contributed by atoms with E-state index in [4.69, 9.17) is 14.2 Å². The van der Waals surface area contributed by atoms with E-state index in [1.54, 1.807) is 62.9 Å². The van der Waals surface area contributed by atoms with Crippen LogP contribution in [-0.2, 0) is 19.1 Å². The summed E-state index contributed by atoms with van der Waals surface area (Å²) in [6.45, 7) is 6.03. The van der Waals surface area contributed by atoms with Gasteiger partial charge in [0.15, 0.2) is 0 Å². The summed E-state index contributed by atoms with van der Waals surface area (Å²) in [5, 5.41) is 14.9. The molecule has 2 aliphatic heterocycles. The zero-order valence-electron chi connectivity index (χ0n) is 23.8. The summed E-state index contributed by atoms with van der Waals surface area (Å²) in [6, 6.07) is 11.7. The van der Waals surface area contributed by atoms with Gasteiger partial charge in [0, 0.05) is 24.6 Å². The minimum atomic E-state index is -1.10. The van der Waals surface area contributed by atoms with Gasteiger partial charge in [0.05, 0.1) is 29.5 Å². The molecule has 2 aliphatic rings. The largest absolute Gasteiger partial charge is 0.480 e. The van der Waals surface area contributed by atoms with Gasteiger partial charge in [0.2, 0.25) is 5.91 Å². The number of ether oxygens (including phenoxy) is 3. The summed E-state index contributed by atoms with van der Waals surface area (Å²) in [4.78, 5) is 52.3. The van der Waals surface area contributed by atoms with Gasteiger partial charge in [-0.3, -0.25) is 9.59 Å². The van der Waals surface area contributed by atoms with Crippen LogP contribution in [-0.4, -0.2) is 78.4 Å². The van der Waals surface area contributed by atoms with E-state index >= 15 is 0 Å². The van der Waals surface area contributed by atoms with Crippen LogP contribution in [0.15, 0.2) is 64.4 Å². The van der Waals surface area contributed by atoms with Crippen molar-refractivity contribution < 1.29 is 38.5 Å². The second kappa shape index (κ2) is 13.8. The van der Waals surface area contributed by atoms with Gasteiger partial charge < -0.3 is 34.9 Å². The van der Waals surface area contributed by atoms with Crippen molar-refractivity contribution in [2.75, 3.05) is 32.8 Å². The van der Waals surface area contributed by atoms with Gasteiger partial charge in [-0.05, 0) is 57.5 Å². The number of carbonyl (C=O) groups excluding carboxylic acids is 3.